The molecule has 81 valence electrons. The Bertz CT molecular complexity index is 115. The molecule has 0 amide bonds. The van der Waals surface area contributed by atoms with E-state index in [1.165, 1.54) is 4.91 Å². The molecule has 0 aromatic carbocycles. The van der Waals surface area contributed by atoms with E-state index in [1.807, 2.05) is 0 Å². The Kier molecular flexibility index (Phi) is 20.1. The molecule has 0 aliphatic rings. The first-order valence-electron chi connectivity index (χ1n) is 3.28. The number of nitrogens with zero attached hydrogens (tertiary/aromatic N) is 3. The third kappa shape index (κ3) is 18.5. The van der Waals surface area contributed by atoms with E-state index < -0.39 is 0 Å². The maximum absolute atomic E-state index is 6.75. The molecule has 2 atom stereocenters. The first-order chi connectivity index (χ1) is 5.62. The van der Waals surface area contributed by atoms with Crippen molar-refractivity contribution in [1.82, 2.24) is 5.32 Å². The van der Waals surface area contributed by atoms with Crippen molar-refractivity contribution in [2.45, 2.75) is 12.3 Å². The van der Waals surface area contributed by atoms with Gasteiger partial charge in [-0.25, -0.2) is 0 Å². The van der Waals surface area contributed by atoms with Crippen LogP contribution in [0.15, 0.2) is 0 Å². The van der Waals surface area contributed by atoms with Crippen LogP contribution in [0.4, 0.5) is 0 Å². The fourth-order valence-electron chi connectivity index (χ4n) is 0.411. The molecule has 0 heterocycles. The fourth-order valence-corrected chi connectivity index (χ4v) is 0.411. The van der Waals surface area contributed by atoms with Crippen LogP contribution < -0.4 is 28.3 Å². The van der Waals surface area contributed by atoms with Gasteiger partial charge in [0.05, 0.1) is 12.3 Å². The molecule has 9 heteroatoms. The van der Waals surface area contributed by atoms with Crippen LogP contribution in [0.1, 0.15) is 0 Å². The molecule has 8 nitrogen and oxygen atoms in total. The van der Waals surface area contributed by atoms with Gasteiger partial charge in [-0.1, -0.05) is 0 Å². The van der Waals surface area contributed by atoms with Crippen LogP contribution in [0.5, 0.6) is 0 Å². The van der Waals surface area contributed by atoms with Gasteiger partial charge in [0.2, 0.25) is 0 Å². The third-order valence-electron chi connectivity index (χ3n) is 0.936. The van der Waals surface area contributed by atoms with E-state index in [0.29, 0.717) is 13.1 Å². The Hall–Kier alpha value is -0.384. The van der Waals surface area contributed by atoms with Gasteiger partial charge in [0, 0.05) is 29.9 Å². The normalized spacial score (nSPS) is 12.6. The minimum atomic E-state index is -0.247. The second kappa shape index (κ2) is 14.2. The molecule has 0 aliphatic carbocycles. The average Bonchev–Trinajstić information content (AvgIpc) is 2.05. The van der Waals surface area contributed by atoms with Crippen molar-refractivity contribution in [3.05, 3.63) is 16.0 Å². The Morgan fingerprint density at radius 1 is 1.08 bits per heavy atom. The van der Waals surface area contributed by atoms with Gasteiger partial charge >= 0.3 is 0 Å². The van der Waals surface area contributed by atoms with E-state index in [4.69, 9.17) is 34.0 Å². The quantitative estimate of drug-likeness (QED) is 0.162. The predicted molar refractivity (Wildman–Crippen MR) is 47.3 cm³/mol. The van der Waals surface area contributed by atoms with Gasteiger partial charge in [-0.2, -0.15) is 0 Å². The van der Waals surface area contributed by atoms with E-state index in [9.17, 15) is 0 Å². The minimum Gasteiger partial charge on any atom is -0.373 e. The zero-order valence-corrected chi connectivity index (χ0v) is 8.09. The number of hydrogen-bond acceptors (Lipinski definition) is 5. The number of nitrogens with one attached hydrogen (secondary N) is 1. The molecule has 0 aliphatic heterocycles. The molecule has 9 N–H and O–H groups in total. The van der Waals surface area contributed by atoms with E-state index in [-0.39, 0.29) is 29.1 Å². The number of rotatable bonds is 4. The summed E-state index contributed by atoms with van der Waals surface area (Å²) in [4.78, 5) is 1.50. The Labute approximate surface area is 87.0 Å². The summed E-state index contributed by atoms with van der Waals surface area (Å²) in [5.41, 5.74) is 34.6. The van der Waals surface area contributed by atoms with Gasteiger partial charge in [-0.15, -0.1) is 0 Å². The Morgan fingerprint density at radius 3 is 1.46 bits per heavy atom. The molecular formula is C4H15CoN8-. The number of hydrogen-bond donors (Lipinski definition) is 5. The van der Waals surface area contributed by atoms with E-state index in [1.54, 1.807) is 0 Å². The summed E-state index contributed by atoms with van der Waals surface area (Å²) < 4.78 is 0. The molecular weight excluding hydrogens is 219 g/mol. The third-order valence-corrected chi connectivity index (χ3v) is 0.936. The largest absolute Gasteiger partial charge is 0.373 e. The van der Waals surface area contributed by atoms with Crippen LogP contribution in [0.25, 0.3) is 16.0 Å². The zero-order valence-electron chi connectivity index (χ0n) is 7.05. The van der Waals surface area contributed by atoms with Gasteiger partial charge in [0.25, 0.3) is 0 Å². The summed E-state index contributed by atoms with van der Waals surface area (Å²) in [5, 5.41) is 2.78. The van der Waals surface area contributed by atoms with Crippen molar-refractivity contribution >= 4 is 0 Å². The van der Waals surface area contributed by atoms with Crippen LogP contribution in [0.2, 0.25) is 0 Å². The maximum Gasteiger partial charge on any atom is 0.0685 e. The fraction of sp³-hybridized carbons (Fsp3) is 1.00. The van der Waals surface area contributed by atoms with Crippen LogP contribution in [0, 0.1) is 0 Å². The molecule has 0 bridgehead atoms. The van der Waals surface area contributed by atoms with Crippen molar-refractivity contribution < 1.29 is 16.8 Å². The number of nitrogens with two attached hydrogens (primary N) is 4. The smallest absolute Gasteiger partial charge is 0.0685 e. The second-order valence-corrected chi connectivity index (χ2v) is 1.94. The summed E-state index contributed by atoms with van der Waals surface area (Å²) >= 11 is 0. The summed E-state index contributed by atoms with van der Waals surface area (Å²) in [6, 6.07) is 0. The molecule has 0 spiro atoms. The average molecular weight is 234 g/mol. The van der Waals surface area contributed by atoms with Gasteiger partial charge in [-0.05, 0) is 0 Å². The Morgan fingerprint density at radius 2 is 1.31 bits per heavy atom. The van der Waals surface area contributed by atoms with Crippen molar-refractivity contribution in [2.24, 2.45) is 22.9 Å². The van der Waals surface area contributed by atoms with Crippen molar-refractivity contribution in [3.63, 3.8) is 0 Å². The monoisotopic (exact) mass is 234 g/mol. The Balaban J connectivity index is -0.000000220. The van der Waals surface area contributed by atoms with Gasteiger partial charge in [0.15, 0.2) is 0 Å². The van der Waals surface area contributed by atoms with Gasteiger partial charge < -0.3 is 34.0 Å². The molecule has 2 unspecified atom stereocenters. The molecule has 0 aromatic heterocycles. The molecule has 0 saturated carbocycles. The summed E-state index contributed by atoms with van der Waals surface area (Å²) in [5.74, 6) is 0. The predicted octanol–water partition coefficient (Wildman–Crippen LogP) is -2.07. The summed E-state index contributed by atoms with van der Waals surface area (Å²) in [7, 11) is 0. The minimum absolute atomic E-state index is 0. The van der Waals surface area contributed by atoms with Crippen LogP contribution in [0.3, 0.4) is 0 Å². The summed E-state index contributed by atoms with van der Waals surface area (Å²) in [6.45, 7) is 0.738. The summed E-state index contributed by atoms with van der Waals surface area (Å²) in [6.07, 6.45) is -0.493. The van der Waals surface area contributed by atoms with E-state index in [2.05, 4.69) is 5.32 Å². The van der Waals surface area contributed by atoms with E-state index >= 15 is 0 Å². The first kappa shape index (κ1) is 18.4. The van der Waals surface area contributed by atoms with Crippen molar-refractivity contribution in [1.29, 1.82) is 0 Å². The zero-order chi connectivity index (χ0) is 9.98. The van der Waals surface area contributed by atoms with Crippen LogP contribution in [-0.2, 0) is 16.8 Å². The van der Waals surface area contributed by atoms with Crippen LogP contribution in [-0.4, -0.2) is 25.4 Å². The maximum atomic E-state index is 6.75. The van der Waals surface area contributed by atoms with Gasteiger partial charge in [0.1, 0.15) is 0 Å². The first-order valence-corrected chi connectivity index (χ1v) is 3.28. The molecule has 0 fully saturated rings. The van der Waals surface area contributed by atoms with E-state index in [0.717, 1.165) is 0 Å². The topological polar surface area (TPSA) is 175 Å². The van der Waals surface area contributed by atoms with Gasteiger partial charge in [-0.3, -0.25) is 10.2 Å². The molecule has 1 radical (unpaired) electrons. The molecule has 0 rings (SSSR count). The standard InChI is InChI=1S/C4H15N5.Co.N3/c5-1-3(7)9-4(8)2-6;;1-3-2/h3-4,9H,1-2,5-8H2;;/q;;-1. The van der Waals surface area contributed by atoms with Crippen molar-refractivity contribution in [2.75, 3.05) is 13.1 Å². The molecule has 0 aromatic rings. The molecule has 13 heavy (non-hydrogen) atoms. The van der Waals surface area contributed by atoms with Crippen LogP contribution >= 0.6 is 0 Å². The SMILES string of the molecule is NCC(N)NC(N)CN.[Co].[N-]=[N+]=[N-]. The molecule has 0 saturated heterocycles. The van der Waals surface area contributed by atoms with Crippen molar-refractivity contribution in [3.8, 4) is 0 Å². The second-order valence-electron chi connectivity index (χ2n) is 1.94.